The lowest BCUT2D eigenvalue weighted by Crippen LogP contribution is -2.09. The molecule has 0 radical (unpaired) electrons. The van der Waals surface area contributed by atoms with Crippen LogP contribution in [0.5, 0.6) is 0 Å². The number of hydrogen-bond acceptors (Lipinski definition) is 2. The van der Waals surface area contributed by atoms with Crippen LogP contribution < -0.4 is 0 Å². The van der Waals surface area contributed by atoms with E-state index in [2.05, 4.69) is 6.92 Å². The highest BCUT2D eigenvalue weighted by Crippen LogP contribution is 2.50. The van der Waals surface area contributed by atoms with Gasteiger partial charge in [0.25, 0.3) is 0 Å². The van der Waals surface area contributed by atoms with Crippen LogP contribution in [0, 0.1) is 0 Å². The standard InChI is InChI=1S/C9H14O2/c1-2-3-5-9-6-4-7(10)8(9)11-9/h8H,2-6H2,1H3. The molecule has 2 nitrogen and oxygen atoms in total. The Hall–Kier alpha value is -0.370. The van der Waals surface area contributed by atoms with Crippen LogP contribution in [0.25, 0.3) is 0 Å². The fraction of sp³-hybridized carbons (Fsp3) is 0.889. The first kappa shape index (κ1) is 7.29. The number of ketones is 1. The smallest absolute Gasteiger partial charge is 0.164 e. The molecule has 0 aromatic rings. The van der Waals surface area contributed by atoms with Crippen molar-refractivity contribution in [1.82, 2.24) is 0 Å². The Kier molecular flexibility index (Phi) is 1.53. The summed E-state index contributed by atoms with van der Waals surface area (Å²) in [5.74, 6) is 0.334. The number of rotatable bonds is 3. The SMILES string of the molecule is CCCCC12CCC(=O)C1O2. The van der Waals surface area contributed by atoms with Crippen molar-refractivity contribution >= 4 is 5.78 Å². The molecule has 0 N–H and O–H groups in total. The average molecular weight is 154 g/mol. The van der Waals surface area contributed by atoms with Crippen LogP contribution in [-0.4, -0.2) is 17.5 Å². The molecule has 2 rings (SSSR count). The molecule has 0 bridgehead atoms. The van der Waals surface area contributed by atoms with Gasteiger partial charge >= 0.3 is 0 Å². The van der Waals surface area contributed by atoms with Gasteiger partial charge in [0.2, 0.25) is 0 Å². The summed E-state index contributed by atoms with van der Waals surface area (Å²) in [5.41, 5.74) is 0.0348. The van der Waals surface area contributed by atoms with Crippen molar-refractivity contribution in [2.24, 2.45) is 0 Å². The second kappa shape index (κ2) is 2.31. The molecule has 1 saturated heterocycles. The van der Waals surface area contributed by atoms with Gasteiger partial charge in [0.15, 0.2) is 5.78 Å². The molecular weight excluding hydrogens is 140 g/mol. The number of fused-ring (bicyclic) bond motifs is 1. The molecule has 1 heterocycles. The molecule has 1 aliphatic heterocycles. The summed E-state index contributed by atoms with van der Waals surface area (Å²) >= 11 is 0. The minimum atomic E-state index is 0.00838. The maximum atomic E-state index is 11.1. The van der Waals surface area contributed by atoms with Crippen LogP contribution in [0.4, 0.5) is 0 Å². The number of carbonyl (C=O) groups excluding carboxylic acids is 1. The molecule has 0 spiro atoms. The third-order valence-electron chi connectivity index (χ3n) is 2.81. The van der Waals surface area contributed by atoms with E-state index in [1.54, 1.807) is 0 Å². The molecular formula is C9H14O2. The summed E-state index contributed by atoms with van der Waals surface area (Å²) in [4.78, 5) is 11.1. The van der Waals surface area contributed by atoms with E-state index in [0.717, 1.165) is 19.3 Å². The predicted molar refractivity (Wildman–Crippen MR) is 41.4 cm³/mol. The fourth-order valence-electron chi connectivity index (χ4n) is 2.01. The molecule has 2 fully saturated rings. The Balaban J connectivity index is 1.91. The normalized spacial score (nSPS) is 40.8. The first-order valence-corrected chi connectivity index (χ1v) is 4.49. The van der Waals surface area contributed by atoms with Crippen LogP contribution in [0.1, 0.15) is 39.0 Å². The minimum Gasteiger partial charge on any atom is -0.358 e. The molecule has 2 unspecified atom stereocenters. The van der Waals surface area contributed by atoms with Gasteiger partial charge < -0.3 is 4.74 Å². The van der Waals surface area contributed by atoms with Crippen molar-refractivity contribution in [3.63, 3.8) is 0 Å². The Labute approximate surface area is 66.9 Å². The van der Waals surface area contributed by atoms with Crippen LogP contribution in [0.15, 0.2) is 0 Å². The Bertz CT molecular complexity index is 188. The Morgan fingerprint density at radius 2 is 2.55 bits per heavy atom. The van der Waals surface area contributed by atoms with Gasteiger partial charge in [-0.25, -0.2) is 0 Å². The highest BCUT2D eigenvalue weighted by atomic mass is 16.6. The summed E-state index contributed by atoms with van der Waals surface area (Å²) < 4.78 is 5.41. The topological polar surface area (TPSA) is 29.6 Å². The maximum absolute atomic E-state index is 11.1. The first-order valence-electron chi connectivity index (χ1n) is 4.49. The van der Waals surface area contributed by atoms with Crippen LogP contribution in [0.2, 0.25) is 0 Å². The van der Waals surface area contributed by atoms with E-state index in [9.17, 15) is 4.79 Å². The molecule has 0 aromatic heterocycles. The van der Waals surface area contributed by atoms with E-state index in [1.165, 1.54) is 12.8 Å². The monoisotopic (exact) mass is 154 g/mol. The Morgan fingerprint density at radius 1 is 1.73 bits per heavy atom. The third-order valence-corrected chi connectivity index (χ3v) is 2.81. The second-order valence-corrected chi connectivity index (χ2v) is 3.63. The zero-order chi connectivity index (χ0) is 7.90. The second-order valence-electron chi connectivity index (χ2n) is 3.63. The van der Waals surface area contributed by atoms with Crippen molar-refractivity contribution in [1.29, 1.82) is 0 Å². The van der Waals surface area contributed by atoms with Crippen LogP contribution in [-0.2, 0) is 9.53 Å². The minimum absolute atomic E-state index is 0.00838. The predicted octanol–water partition coefficient (Wildman–Crippen LogP) is 1.68. The van der Waals surface area contributed by atoms with E-state index in [0.29, 0.717) is 5.78 Å². The molecule has 1 saturated carbocycles. The zero-order valence-electron chi connectivity index (χ0n) is 6.93. The lowest BCUT2D eigenvalue weighted by atomic mass is 10.0. The molecule has 11 heavy (non-hydrogen) atoms. The van der Waals surface area contributed by atoms with Crippen LogP contribution >= 0.6 is 0 Å². The fourth-order valence-corrected chi connectivity index (χ4v) is 2.01. The summed E-state index contributed by atoms with van der Waals surface area (Å²) in [6, 6.07) is 0. The third kappa shape index (κ3) is 1.00. The lowest BCUT2D eigenvalue weighted by molar-refractivity contribution is -0.120. The highest BCUT2D eigenvalue weighted by molar-refractivity contribution is 5.90. The van der Waals surface area contributed by atoms with Crippen molar-refractivity contribution in [2.45, 2.75) is 50.7 Å². The maximum Gasteiger partial charge on any atom is 0.164 e. The first-order chi connectivity index (χ1) is 5.28. The summed E-state index contributed by atoms with van der Waals surface area (Å²) in [5, 5.41) is 0. The van der Waals surface area contributed by atoms with Crippen molar-refractivity contribution in [3.05, 3.63) is 0 Å². The van der Waals surface area contributed by atoms with Gasteiger partial charge in [0.05, 0.1) is 0 Å². The molecule has 2 atom stereocenters. The number of hydrogen-bond donors (Lipinski definition) is 0. The van der Waals surface area contributed by atoms with Gasteiger partial charge in [-0.1, -0.05) is 19.8 Å². The molecule has 62 valence electrons. The van der Waals surface area contributed by atoms with Gasteiger partial charge in [0, 0.05) is 6.42 Å². The van der Waals surface area contributed by atoms with E-state index >= 15 is 0 Å². The number of Topliss-reactive ketones (excluding diaryl/α,β-unsaturated/α-hetero) is 1. The lowest BCUT2D eigenvalue weighted by Gasteiger charge is -2.04. The summed E-state index contributed by atoms with van der Waals surface area (Å²) in [6.45, 7) is 2.17. The number of ether oxygens (including phenoxy) is 1. The molecule has 2 heteroatoms. The zero-order valence-corrected chi connectivity index (χ0v) is 6.93. The van der Waals surface area contributed by atoms with Gasteiger partial charge in [-0.15, -0.1) is 0 Å². The Morgan fingerprint density at radius 3 is 3.00 bits per heavy atom. The summed E-state index contributed by atoms with van der Waals surface area (Å²) in [7, 11) is 0. The molecule has 0 aromatic carbocycles. The van der Waals surface area contributed by atoms with Crippen molar-refractivity contribution < 1.29 is 9.53 Å². The van der Waals surface area contributed by atoms with Crippen LogP contribution in [0.3, 0.4) is 0 Å². The summed E-state index contributed by atoms with van der Waals surface area (Å²) in [6.07, 6.45) is 5.25. The number of epoxide rings is 1. The van der Waals surface area contributed by atoms with Gasteiger partial charge in [-0.2, -0.15) is 0 Å². The highest BCUT2D eigenvalue weighted by Gasteiger charge is 2.63. The largest absolute Gasteiger partial charge is 0.358 e. The van der Waals surface area contributed by atoms with Gasteiger partial charge in [-0.05, 0) is 12.8 Å². The van der Waals surface area contributed by atoms with E-state index in [1.807, 2.05) is 0 Å². The molecule has 2 aliphatic rings. The van der Waals surface area contributed by atoms with E-state index in [4.69, 9.17) is 4.74 Å². The van der Waals surface area contributed by atoms with Gasteiger partial charge in [-0.3, -0.25) is 4.79 Å². The van der Waals surface area contributed by atoms with Crippen molar-refractivity contribution in [2.75, 3.05) is 0 Å². The van der Waals surface area contributed by atoms with E-state index in [-0.39, 0.29) is 11.7 Å². The van der Waals surface area contributed by atoms with Gasteiger partial charge in [0.1, 0.15) is 11.7 Å². The van der Waals surface area contributed by atoms with E-state index < -0.39 is 0 Å². The molecule has 0 amide bonds. The number of carbonyl (C=O) groups is 1. The number of unbranched alkanes of at least 4 members (excludes halogenated alkanes) is 1. The van der Waals surface area contributed by atoms with Crippen molar-refractivity contribution in [3.8, 4) is 0 Å². The average Bonchev–Trinajstić information content (AvgIpc) is 2.66. The molecule has 1 aliphatic carbocycles. The quantitative estimate of drug-likeness (QED) is 0.579.